The maximum atomic E-state index is 11.6. The molecular formula is C25H31ClN6O3S. The summed E-state index contributed by atoms with van der Waals surface area (Å²) in [7, 11) is 3.58. The highest BCUT2D eigenvalue weighted by molar-refractivity contribution is 8.00. The van der Waals surface area contributed by atoms with Crippen LogP contribution >= 0.6 is 24.2 Å². The number of aromatic nitrogens is 3. The van der Waals surface area contributed by atoms with E-state index in [0.29, 0.717) is 49.4 Å². The lowest BCUT2D eigenvalue weighted by Crippen LogP contribution is -2.47. The number of amides is 1. The monoisotopic (exact) mass is 530 g/mol. The molecule has 1 amide bonds. The van der Waals surface area contributed by atoms with Gasteiger partial charge in [-0.25, -0.2) is 9.97 Å². The lowest BCUT2D eigenvalue weighted by atomic mass is 9.81. The molecule has 1 aliphatic heterocycles. The number of anilines is 2. The summed E-state index contributed by atoms with van der Waals surface area (Å²) in [5, 5.41) is 17.8. The van der Waals surface area contributed by atoms with E-state index in [2.05, 4.69) is 30.5 Å². The maximum absolute atomic E-state index is 11.6. The van der Waals surface area contributed by atoms with Crippen molar-refractivity contribution in [2.24, 2.45) is 0 Å². The number of halogens is 1. The summed E-state index contributed by atoms with van der Waals surface area (Å²) in [6, 6.07) is 9.97. The van der Waals surface area contributed by atoms with Gasteiger partial charge in [0.1, 0.15) is 11.3 Å². The van der Waals surface area contributed by atoms with Crippen LogP contribution in [-0.2, 0) is 11.3 Å². The van der Waals surface area contributed by atoms with Gasteiger partial charge in [-0.05, 0) is 49.9 Å². The molecule has 1 fully saturated rings. The van der Waals surface area contributed by atoms with Gasteiger partial charge in [-0.15, -0.1) is 24.2 Å². The molecule has 36 heavy (non-hydrogen) atoms. The third-order valence-corrected chi connectivity index (χ3v) is 7.76. The Morgan fingerprint density at radius 3 is 2.81 bits per heavy atom. The van der Waals surface area contributed by atoms with Crippen molar-refractivity contribution >= 4 is 52.6 Å². The average Bonchev–Trinajstić information content (AvgIpc) is 2.87. The molecule has 1 saturated carbocycles. The summed E-state index contributed by atoms with van der Waals surface area (Å²) < 4.78 is 5.29. The molecule has 3 aromatic rings. The van der Waals surface area contributed by atoms with Gasteiger partial charge in [0, 0.05) is 38.4 Å². The summed E-state index contributed by atoms with van der Waals surface area (Å²) >= 11 is 1.52. The summed E-state index contributed by atoms with van der Waals surface area (Å²) in [5.74, 6) is 1.63. The molecule has 192 valence electrons. The summed E-state index contributed by atoms with van der Waals surface area (Å²) in [6.07, 6.45) is 4.94. The lowest BCUT2D eigenvalue weighted by molar-refractivity contribution is -0.113. The van der Waals surface area contributed by atoms with Gasteiger partial charge in [0.05, 0.1) is 40.3 Å². The molecular weight excluding hydrogens is 500 g/mol. The van der Waals surface area contributed by atoms with E-state index in [4.69, 9.17) is 4.74 Å². The fourth-order valence-corrected chi connectivity index (χ4v) is 5.57. The molecule has 0 unspecified atom stereocenters. The van der Waals surface area contributed by atoms with Crippen molar-refractivity contribution in [1.29, 1.82) is 0 Å². The van der Waals surface area contributed by atoms with Crippen LogP contribution in [0.25, 0.3) is 11.0 Å². The smallest absolute Gasteiger partial charge is 0.235 e. The Hall–Kier alpha value is -2.66. The number of likely N-dealkylation sites (N-methyl/N-ethyl adjacent to an activating group) is 1. The van der Waals surface area contributed by atoms with E-state index in [-0.39, 0.29) is 18.3 Å². The molecule has 0 aromatic carbocycles. The van der Waals surface area contributed by atoms with Crippen molar-refractivity contribution < 1.29 is 14.6 Å². The fourth-order valence-electron chi connectivity index (χ4n) is 4.81. The van der Waals surface area contributed by atoms with Crippen molar-refractivity contribution in [2.45, 2.75) is 48.8 Å². The Kier molecular flexibility index (Phi) is 8.19. The zero-order chi connectivity index (χ0) is 24.4. The van der Waals surface area contributed by atoms with E-state index < -0.39 is 5.60 Å². The largest absolute Gasteiger partial charge is 0.481 e. The number of hydrogen-bond acceptors (Lipinski definition) is 9. The second kappa shape index (κ2) is 11.2. The Balaban J connectivity index is 0.00000304. The van der Waals surface area contributed by atoms with Crippen molar-refractivity contribution in [2.75, 3.05) is 36.7 Å². The van der Waals surface area contributed by atoms with Gasteiger partial charge in [0.15, 0.2) is 0 Å². The summed E-state index contributed by atoms with van der Waals surface area (Å²) in [4.78, 5) is 28.3. The predicted octanol–water partition coefficient (Wildman–Crippen LogP) is 3.40. The molecule has 3 N–H and O–H groups in total. The SMILES string of the molecule is COc1ccc2nccc(N(C)CC3(O)CCC(NCc4ccc5c(n4)NC(=O)CS5)CC3)c2n1.Cl. The van der Waals surface area contributed by atoms with E-state index in [1.807, 2.05) is 31.3 Å². The van der Waals surface area contributed by atoms with Crippen molar-refractivity contribution in [1.82, 2.24) is 20.3 Å². The van der Waals surface area contributed by atoms with Gasteiger partial charge in [-0.1, -0.05) is 0 Å². The number of nitrogens with zero attached hydrogens (tertiary/aromatic N) is 4. The van der Waals surface area contributed by atoms with Crippen LogP contribution in [-0.4, -0.2) is 64.1 Å². The van der Waals surface area contributed by atoms with Crippen LogP contribution in [0.4, 0.5) is 11.5 Å². The fraction of sp³-hybridized carbons (Fsp3) is 0.440. The van der Waals surface area contributed by atoms with E-state index in [9.17, 15) is 9.90 Å². The first-order valence-corrected chi connectivity index (χ1v) is 12.8. The topological polar surface area (TPSA) is 113 Å². The van der Waals surface area contributed by atoms with E-state index in [1.54, 1.807) is 19.4 Å². The normalized spacial score (nSPS) is 21.3. The first-order valence-electron chi connectivity index (χ1n) is 11.8. The van der Waals surface area contributed by atoms with E-state index in [0.717, 1.165) is 40.2 Å². The number of nitrogens with one attached hydrogen (secondary N) is 2. The highest BCUT2D eigenvalue weighted by Gasteiger charge is 2.34. The third-order valence-electron chi connectivity index (χ3n) is 6.71. The molecule has 0 radical (unpaired) electrons. The minimum atomic E-state index is -0.771. The van der Waals surface area contributed by atoms with Gasteiger partial charge < -0.3 is 25.4 Å². The number of methoxy groups -OCH3 is 1. The van der Waals surface area contributed by atoms with Crippen LogP contribution in [0.3, 0.4) is 0 Å². The lowest BCUT2D eigenvalue weighted by Gasteiger charge is -2.39. The average molecular weight is 531 g/mol. The summed E-state index contributed by atoms with van der Waals surface area (Å²) in [5.41, 5.74) is 2.61. The van der Waals surface area contributed by atoms with Gasteiger partial charge >= 0.3 is 0 Å². The van der Waals surface area contributed by atoms with Crippen molar-refractivity contribution in [3.05, 3.63) is 42.2 Å². The van der Waals surface area contributed by atoms with Crippen LogP contribution in [0.15, 0.2) is 41.4 Å². The highest BCUT2D eigenvalue weighted by Crippen LogP contribution is 2.33. The Bertz CT molecular complexity index is 1240. The molecule has 5 rings (SSSR count). The van der Waals surface area contributed by atoms with Crippen LogP contribution in [0.2, 0.25) is 0 Å². The van der Waals surface area contributed by atoms with Crippen LogP contribution in [0.5, 0.6) is 5.88 Å². The molecule has 0 atom stereocenters. The van der Waals surface area contributed by atoms with Gasteiger partial charge in [0.2, 0.25) is 11.8 Å². The number of aliphatic hydroxyl groups is 1. The standard InChI is InChI=1S/C25H30N6O3S.ClH/c1-31(19-9-12-26-18-4-6-22(34-2)30-23(18)19)15-25(33)10-7-16(8-11-25)27-13-17-3-5-20-24(28-17)29-21(32)14-35-20;/h3-6,9,12,16,27,33H,7-8,10-11,13-15H2,1-2H3,(H,28,29,32);1H. The van der Waals surface area contributed by atoms with Crippen molar-refractivity contribution in [3.63, 3.8) is 0 Å². The molecule has 0 spiro atoms. The number of fused-ring (bicyclic) bond motifs is 2. The van der Waals surface area contributed by atoms with Crippen molar-refractivity contribution in [3.8, 4) is 5.88 Å². The number of hydrogen-bond donors (Lipinski definition) is 3. The van der Waals surface area contributed by atoms with Crippen LogP contribution in [0.1, 0.15) is 31.4 Å². The number of carbonyl (C=O) groups excluding carboxylic acids is 1. The molecule has 1 aliphatic carbocycles. The molecule has 4 heterocycles. The van der Waals surface area contributed by atoms with Gasteiger partial charge in [0.25, 0.3) is 0 Å². The first-order chi connectivity index (χ1) is 16.9. The molecule has 9 nitrogen and oxygen atoms in total. The Morgan fingerprint density at radius 2 is 2.03 bits per heavy atom. The number of ether oxygens (including phenoxy) is 1. The quantitative estimate of drug-likeness (QED) is 0.423. The Labute approximate surface area is 220 Å². The number of carbonyl (C=O) groups is 1. The second-order valence-corrected chi connectivity index (χ2v) is 10.3. The minimum Gasteiger partial charge on any atom is -0.481 e. The third kappa shape index (κ3) is 5.83. The zero-order valence-electron chi connectivity index (χ0n) is 20.4. The Morgan fingerprint density at radius 1 is 1.22 bits per heavy atom. The number of rotatable bonds is 7. The van der Waals surface area contributed by atoms with Gasteiger partial charge in [-0.2, -0.15) is 0 Å². The molecule has 0 saturated heterocycles. The van der Waals surface area contributed by atoms with Crippen LogP contribution < -0.4 is 20.3 Å². The second-order valence-electron chi connectivity index (χ2n) is 9.27. The zero-order valence-corrected chi connectivity index (χ0v) is 22.0. The number of thioether (sulfide) groups is 1. The van der Waals surface area contributed by atoms with E-state index >= 15 is 0 Å². The van der Waals surface area contributed by atoms with E-state index in [1.165, 1.54) is 11.8 Å². The molecule has 3 aromatic heterocycles. The molecule has 0 bridgehead atoms. The maximum Gasteiger partial charge on any atom is 0.235 e. The van der Waals surface area contributed by atoms with Gasteiger partial charge in [-0.3, -0.25) is 9.78 Å². The molecule has 2 aliphatic rings. The highest BCUT2D eigenvalue weighted by atomic mass is 35.5. The first kappa shape index (κ1) is 26.4. The number of pyridine rings is 3. The minimum absolute atomic E-state index is 0. The molecule has 11 heteroatoms. The predicted molar refractivity (Wildman–Crippen MR) is 144 cm³/mol. The summed E-state index contributed by atoms with van der Waals surface area (Å²) in [6.45, 7) is 1.15. The van der Waals surface area contributed by atoms with Crippen LogP contribution in [0, 0.1) is 0 Å².